The Morgan fingerprint density at radius 2 is 2.30 bits per heavy atom. The predicted molar refractivity (Wildman–Crippen MR) is 72.0 cm³/mol. The third-order valence-corrected chi connectivity index (χ3v) is 2.18. The number of aromatic carboxylic acids is 1. The minimum absolute atomic E-state index is 0.0891. The topological polar surface area (TPSA) is 115 Å². The van der Waals surface area contributed by atoms with Gasteiger partial charge in [-0.1, -0.05) is 12.2 Å². The van der Waals surface area contributed by atoms with Crippen LogP contribution in [-0.4, -0.2) is 40.7 Å². The third kappa shape index (κ3) is 4.65. The van der Waals surface area contributed by atoms with E-state index in [1.54, 1.807) is 0 Å². The number of nitrogens with zero attached hydrogens (tertiary/aromatic N) is 2. The molecule has 0 unspecified atom stereocenters. The van der Waals surface area contributed by atoms with Gasteiger partial charge in [0.1, 0.15) is 0 Å². The second-order valence-electron chi connectivity index (χ2n) is 4.06. The average molecular weight is 281 g/mol. The number of anilines is 1. The number of nitrogens with one attached hydrogen (secondary N) is 1. The van der Waals surface area contributed by atoms with Crippen LogP contribution in [0, 0.1) is 10.1 Å². The summed E-state index contributed by atoms with van der Waals surface area (Å²) in [5.74, 6) is -1.34. The summed E-state index contributed by atoms with van der Waals surface area (Å²) in [5.41, 5.74) is 0.317. The Morgan fingerprint density at radius 1 is 1.60 bits per heavy atom. The zero-order chi connectivity index (χ0) is 15.1. The highest BCUT2D eigenvalue weighted by Gasteiger charge is 2.17. The summed E-state index contributed by atoms with van der Waals surface area (Å²) < 4.78 is 5.22. The predicted octanol–water partition coefficient (Wildman–Crippen LogP) is 1.69. The lowest BCUT2D eigenvalue weighted by molar-refractivity contribution is -0.384. The number of ether oxygens (including phenoxy) is 1. The fourth-order valence-corrected chi connectivity index (χ4v) is 1.34. The quantitative estimate of drug-likeness (QED) is 0.322. The van der Waals surface area contributed by atoms with Gasteiger partial charge >= 0.3 is 11.7 Å². The van der Waals surface area contributed by atoms with E-state index in [9.17, 15) is 14.9 Å². The molecule has 0 aromatic carbocycles. The number of nitro groups is 1. The number of pyridine rings is 1. The molecule has 0 radical (unpaired) electrons. The van der Waals surface area contributed by atoms with Crippen LogP contribution < -0.4 is 5.32 Å². The molecule has 1 aromatic heterocycles. The van der Waals surface area contributed by atoms with Crippen LogP contribution in [0.15, 0.2) is 24.3 Å². The van der Waals surface area contributed by atoms with Crippen molar-refractivity contribution in [3.05, 3.63) is 40.1 Å². The average Bonchev–Trinajstić information content (AvgIpc) is 2.37. The lowest BCUT2D eigenvalue weighted by Crippen LogP contribution is -2.14. The number of carbonyl (C=O) groups is 1. The number of hydrogen-bond donors (Lipinski definition) is 2. The van der Waals surface area contributed by atoms with Gasteiger partial charge in [-0.25, -0.2) is 9.78 Å². The van der Waals surface area contributed by atoms with Crippen molar-refractivity contribution in [2.45, 2.75) is 6.92 Å². The number of carboxylic acid groups (broad SMARTS) is 1. The van der Waals surface area contributed by atoms with Crippen LogP contribution in [0.3, 0.4) is 0 Å². The van der Waals surface area contributed by atoms with E-state index < -0.39 is 10.9 Å². The normalized spacial score (nSPS) is 10.1. The molecule has 0 amide bonds. The van der Waals surface area contributed by atoms with Gasteiger partial charge in [0.2, 0.25) is 5.82 Å². The van der Waals surface area contributed by atoms with Crippen molar-refractivity contribution in [1.82, 2.24) is 4.98 Å². The Hall–Kier alpha value is -2.48. The SMILES string of the molecule is C=C(C)COCCNc1nc(C(=O)O)ccc1[N+](=O)[O-]. The highest BCUT2D eigenvalue weighted by molar-refractivity contribution is 5.86. The van der Waals surface area contributed by atoms with Crippen molar-refractivity contribution in [1.29, 1.82) is 0 Å². The second-order valence-corrected chi connectivity index (χ2v) is 4.06. The summed E-state index contributed by atoms with van der Waals surface area (Å²) in [7, 11) is 0. The highest BCUT2D eigenvalue weighted by Crippen LogP contribution is 2.21. The van der Waals surface area contributed by atoms with Crippen LogP contribution in [-0.2, 0) is 4.74 Å². The Kier molecular flexibility index (Phi) is 5.60. The molecule has 0 aliphatic rings. The molecule has 0 saturated carbocycles. The van der Waals surface area contributed by atoms with Gasteiger partial charge in [0.25, 0.3) is 0 Å². The second kappa shape index (κ2) is 7.19. The van der Waals surface area contributed by atoms with Crippen LogP contribution in [0.5, 0.6) is 0 Å². The summed E-state index contributed by atoms with van der Waals surface area (Å²) in [5, 5.41) is 22.3. The molecule has 1 heterocycles. The number of carboxylic acids is 1. The summed E-state index contributed by atoms with van der Waals surface area (Å²) >= 11 is 0. The summed E-state index contributed by atoms with van der Waals surface area (Å²) in [6.45, 7) is 6.44. The van der Waals surface area contributed by atoms with Gasteiger partial charge < -0.3 is 15.2 Å². The van der Waals surface area contributed by atoms with Crippen LogP contribution in [0.1, 0.15) is 17.4 Å². The van der Waals surface area contributed by atoms with E-state index in [2.05, 4.69) is 16.9 Å². The first-order valence-electron chi connectivity index (χ1n) is 5.76. The molecule has 1 aromatic rings. The monoisotopic (exact) mass is 281 g/mol. The molecule has 0 aliphatic carbocycles. The van der Waals surface area contributed by atoms with Gasteiger partial charge in [0.15, 0.2) is 5.69 Å². The van der Waals surface area contributed by atoms with Gasteiger partial charge in [0.05, 0.1) is 18.1 Å². The molecule has 2 N–H and O–H groups in total. The molecule has 0 bridgehead atoms. The van der Waals surface area contributed by atoms with Gasteiger partial charge in [-0.15, -0.1) is 0 Å². The van der Waals surface area contributed by atoms with Crippen molar-refractivity contribution in [2.24, 2.45) is 0 Å². The fourth-order valence-electron chi connectivity index (χ4n) is 1.34. The summed E-state index contributed by atoms with van der Waals surface area (Å²) in [6, 6.07) is 2.19. The fraction of sp³-hybridized carbons (Fsp3) is 0.333. The van der Waals surface area contributed by atoms with Crippen LogP contribution in [0.4, 0.5) is 11.5 Å². The lowest BCUT2D eigenvalue weighted by Gasteiger charge is -2.07. The first kappa shape index (κ1) is 15.6. The lowest BCUT2D eigenvalue weighted by atomic mass is 10.3. The maximum Gasteiger partial charge on any atom is 0.354 e. The molecule has 20 heavy (non-hydrogen) atoms. The largest absolute Gasteiger partial charge is 0.477 e. The molecule has 8 nitrogen and oxygen atoms in total. The maximum atomic E-state index is 10.8. The third-order valence-electron chi connectivity index (χ3n) is 2.18. The van der Waals surface area contributed by atoms with Crippen molar-refractivity contribution in [2.75, 3.05) is 25.1 Å². The molecule has 1 rings (SSSR count). The first-order valence-corrected chi connectivity index (χ1v) is 5.76. The minimum Gasteiger partial charge on any atom is -0.477 e. The standard InChI is InChI=1S/C12H15N3O5/c1-8(2)7-20-6-5-13-11-10(15(18)19)4-3-9(14-11)12(16)17/h3-4H,1,5-7H2,2H3,(H,13,14)(H,16,17). The maximum absolute atomic E-state index is 10.8. The van der Waals surface area contributed by atoms with Gasteiger partial charge in [-0.2, -0.15) is 0 Å². The number of hydrogen-bond acceptors (Lipinski definition) is 6. The van der Waals surface area contributed by atoms with E-state index >= 15 is 0 Å². The molecular formula is C12H15N3O5. The molecule has 0 spiro atoms. The molecule has 108 valence electrons. The van der Waals surface area contributed by atoms with Crippen molar-refractivity contribution in [3.8, 4) is 0 Å². The van der Waals surface area contributed by atoms with Gasteiger partial charge in [0, 0.05) is 12.6 Å². The van der Waals surface area contributed by atoms with Gasteiger partial charge in [-0.3, -0.25) is 10.1 Å². The zero-order valence-electron chi connectivity index (χ0n) is 11.0. The Balaban J connectivity index is 2.70. The molecule has 0 fully saturated rings. The molecule has 0 atom stereocenters. The van der Waals surface area contributed by atoms with E-state index in [0.29, 0.717) is 13.2 Å². The zero-order valence-corrected chi connectivity index (χ0v) is 11.0. The van der Waals surface area contributed by atoms with Crippen LogP contribution in [0.2, 0.25) is 0 Å². The van der Waals surface area contributed by atoms with Crippen LogP contribution in [0.25, 0.3) is 0 Å². The van der Waals surface area contributed by atoms with E-state index in [1.165, 1.54) is 0 Å². The van der Waals surface area contributed by atoms with E-state index in [0.717, 1.165) is 17.7 Å². The Bertz CT molecular complexity index is 530. The molecule has 0 aliphatic heterocycles. The number of rotatable bonds is 8. The van der Waals surface area contributed by atoms with E-state index in [4.69, 9.17) is 9.84 Å². The summed E-state index contributed by atoms with van der Waals surface area (Å²) in [4.78, 5) is 24.7. The molecule has 8 heteroatoms. The Morgan fingerprint density at radius 3 is 2.85 bits per heavy atom. The molecular weight excluding hydrogens is 266 g/mol. The van der Waals surface area contributed by atoms with Gasteiger partial charge in [-0.05, 0) is 13.0 Å². The minimum atomic E-state index is -1.25. The summed E-state index contributed by atoms with van der Waals surface area (Å²) in [6.07, 6.45) is 0. The highest BCUT2D eigenvalue weighted by atomic mass is 16.6. The number of aromatic nitrogens is 1. The van der Waals surface area contributed by atoms with Crippen LogP contribution >= 0.6 is 0 Å². The van der Waals surface area contributed by atoms with E-state index in [-0.39, 0.29) is 23.7 Å². The van der Waals surface area contributed by atoms with Crippen molar-refractivity contribution in [3.63, 3.8) is 0 Å². The van der Waals surface area contributed by atoms with Crippen molar-refractivity contribution >= 4 is 17.5 Å². The van der Waals surface area contributed by atoms with Crippen molar-refractivity contribution < 1.29 is 19.6 Å². The smallest absolute Gasteiger partial charge is 0.354 e. The van der Waals surface area contributed by atoms with E-state index in [1.807, 2.05) is 6.92 Å². The Labute approximate surface area is 115 Å². The first-order chi connectivity index (χ1) is 9.41. The molecule has 0 saturated heterocycles.